The van der Waals surface area contributed by atoms with Crippen molar-refractivity contribution in [2.24, 2.45) is 11.8 Å². The molecule has 0 spiro atoms. The zero-order valence-corrected chi connectivity index (χ0v) is 20.3. The Morgan fingerprint density at radius 3 is 2.38 bits per heavy atom. The van der Waals surface area contributed by atoms with Crippen LogP contribution < -0.4 is 5.56 Å². The summed E-state index contributed by atoms with van der Waals surface area (Å²) in [5, 5.41) is 0.497. The van der Waals surface area contributed by atoms with E-state index in [2.05, 4.69) is 34.2 Å². The molecule has 7 nitrogen and oxygen atoms in total. The smallest absolute Gasteiger partial charge is 0.264 e. The molecule has 0 bridgehead atoms. The third-order valence-electron chi connectivity index (χ3n) is 7.35. The molecular weight excluding hydrogens is 448 g/mol. The molecule has 1 N–H and O–H groups in total. The average Bonchev–Trinajstić information content (AvgIpc) is 3.22. The van der Waals surface area contributed by atoms with Crippen molar-refractivity contribution in [3.63, 3.8) is 0 Å². The normalized spacial score (nSPS) is 17.9. The van der Waals surface area contributed by atoms with E-state index in [1.165, 1.54) is 23.2 Å². The first-order chi connectivity index (χ1) is 16.5. The monoisotopic (exact) mass is 478 g/mol. The highest BCUT2D eigenvalue weighted by Crippen LogP contribution is 2.30. The third kappa shape index (κ3) is 4.51. The summed E-state index contributed by atoms with van der Waals surface area (Å²) in [6.45, 7) is 4.60. The molecule has 5 rings (SSSR count). The number of rotatable bonds is 4. The first kappa shape index (κ1) is 22.8. The van der Waals surface area contributed by atoms with Gasteiger partial charge in [0.2, 0.25) is 5.91 Å². The van der Waals surface area contributed by atoms with Crippen molar-refractivity contribution in [1.29, 1.82) is 0 Å². The number of carbonyl (C=O) groups is 2. The molecule has 2 fully saturated rings. The molecular formula is C26H30N4O3S. The second kappa shape index (κ2) is 9.70. The van der Waals surface area contributed by atoms with Crippen LogP contribution >= 0.6 is 11.3 Å². The molecule has 2 saturated heterocycles. The number of amides is 2. The van der Waals surface area contributed by atoms with E-state index >= 15 is 0 Å². The molecule has 4 heterocycles. The second-order valence-corrected chi connectivity index (χ2v) is 10.5. The van der Waals surface area contributed by atoms with Gasteiger partial charge in [0.1, 0.15) is 4.83 Å². The number of hydrogen-bond acceptors (Lipinski definition) is 5. The van der Waals surface area contributed by atoms with Crippen LogP contribution in [0.3, 0.4) is 0 Å². The zero-order valence-electron chi connectivity index (χ0n) is 19.5. The van der Waals surface area contributed by atoms with Crippen molar-refractivity contribution in [1.82, 2.24) is 19.8 Å². The van der Waals surface area contributed by atoms with Gasteiger partial charge in [0.05, 0.1) is 16.6 Å². The Bertz CT molecular complexity index is 1240. The van der Waals surface area contributed by atoms with Crippen molar-refractivity contribution in [3.8, 4) is 0 Å². The van der Waals surface area contributed by atoms with Gasteiger partial charge in [0.15, 0.2) is 0 Å². The van der Waals surface area contributed by atoms with Crippen molar-refractivity contribution in [2.75, 3.05) is 26.2 Å². The number of nitrogens with zero attached hydrogens (tertiary/aromatic N) is 3. The van der Waals surface area contributed by atoms with Crippen LogP contribution in [0.15, 0.2) is 41.5 Å². The molecule has 2 aliphatic rings. The fourth-order valence-electron chi connectivity index (χ4n) is 5.32. The Kier molecular flexibility index (Phi) is 6.50. The molecule has 0 saturated carbocycles. The van der Waals surface area contributed by atoms with Crippen LogP contribution in [-0.4, -0.2) is 57.8 Å². The van der Waals surface area contributed by atoms with Gasteiger partial charge < -0.3 is 14.8 Å². The molecule has 0 atom stereocenters. The van der Waals surface area contributed by atoms with E-state index in [0.717, 1.165) is 32.4 Å². The van der Waals surface area contributed by atoms with Gasteiger partial charge >= 0.3 is 0 Å². The fourth-order valence-corrected chi connectivity index (χ4v) is 6.44. The van der Waals surface area contributed by atoms with Gasteiger partial charge in [-0.15, -0.1) is 11.3 Å². The summed E-state index contributed by atoms with van der Waals surface area (Å²) in [4.78, 5) is 50.3. The highest BCUT2D eigenvalue weighted by atomic mass is 32.1. The minimum absolute atomic E-state index is 0.0114. The van der Waals surface area contributed by atoms with Crippen LogP contribution in [0.4, 0.5) is 0 Å². The number of hydrogen-bond donors (Lipinski definition) is 1. The Morgan fingerprint density at radius 1 is 1.03 bits per heavy atom. The van der Waals surface area contributed by atoms with Gasteiger partial charge in [-0.3, -0.25) is 14.4 Å². The Balaban J connectivity index is 1.15. The zero-order chi connectivity index (χ0) is 23.7. The summed E-state index contributed by atoms with van der Waals surface area (Å²) >= 11 is 1.27. The van der Waals surface area contributed by atoms with E-state index in [-0.39, 0.29) is 23.3 Å². The number of fused-ring (bicyclic) bond motifs is 1. The van der Waals surface area contributed by atoms with Crippen LogP contribution in [0.25, 0.3) is 10.2 Å². The van der Waals surface area contributed by atoms with Crippen molar-refractivity contribution in [3.05, 3.63) is 63.0 Å². The standard InChI is InChI=1S/C26H30N4O3S/c1-17-21-23(31)27-16-28-24(21)34-22(17)26(33)30-13-9-20(10-14-30)25(32)29-11-7-19(8-12-29)15-18-5-3-2-4-6-18/h2-6,16,19-20H,7-15H2,1H3,(H,27,28,31). The predicted octanol–water partition coefficient (Wildman–Crippen LogP) is 3.63. The number of nitrogens with one attached hydrogen (secondary N) is 1. The number of carbonyl (C=O) groups excluding carboxylic acids is 2. The lowest BCUT2D eigenvalue weighted by molar-refractivity contribution is -0.138. The lowest BCUT2D eigenvalue weighted by Gasteiger charge is -2.37. The van der Waals surface area contributed by atoms with Crippen LogP contribution in [0.2, 0.25) is 0 Å². The van der Waals surface area contributed by atoms with Crippen LogP contribution in [0.1, 0.15) is 46.5 Å². The molecule has 34 heavy (non-hydrogen) atoms. The van der Waals surface area contributed by atoms with Gasteiger partial charge in [-0.25, -0.2) is 4.98 Å². The maximum atomic E-state index is 13.2. The first-order valence-corrected chi connectivity index (χ1v) is 12.9. The number of aromatic nitrogens is 2. The lowest BCUT2D eigenvalue weighted by atomic mass is 9.88. The van der Waals surface area contributed by atoms with Crippen LogP contribution in [-0.2, 0) is 11.2 Å². The molecule has 2 aliphatic heterocycles. The topological polar surface area (TPSA) is 86.4 Å². The summed E-state index contributed by atoms with van der Waals surface area (Å²) in [7, 11) is 0. The van der Waals surface area contributed by atoms with E-state index in [1.54, 1.807) is 6.92 Å². The number of aryl methyl sites for hydroxylation is 1. The molecule has 8 heteroatoms. The van der Waals surface area contributed by atoms with Crippen molar-refractivity contribution >= 4 is 33.4 Å². The molecule has 2 amide bonds. The highest BCUT2D eigenvalue weighted by molar-refractivity contribution is 7.20. The summed E-state index contributed by atoms with van der Waals surface area (Å²) in [6.07, 6.45) is 5.94. The van der Waals surface area contributed by atoms with E-state index in [0.29, 0.717) is 52.5 Å². The Hall–Kier alpha value is -3.00. The Labute approximate surface area is 202 Å². The van der Waals surface area contributed by atoms with Crippen molar-refractivity contribution in [2.45, 2.75) is 39.0 Å². The maximum absolute atomic E-state index is 13.2. The number of H-pyrrole nitrogens is 1. The van der Waals surface area contributed by atoms with Gasteiger partial charge in [-0.1, -0.05) is 30.3 Å². The minimum atomic E-state index is -0.213. The molecule has 1 aromatic carbocycles. The van der Waals surface area contributed by atoms with Crippen molar-refractivity contribution < 1.29 is 9.59 Å². The van der Waals surface area contributed by atoms with Crippen LogP contribution in [0, 0.1) is 18.8 Å². The molecule has 0 radical (unpaired) electrons. The van der Waals surface area contributed by atoms with E-state index in [4.69, 9.17) is 0 Å². The summed E-state index contributed by atoms with van der Waals surface area (Å²) in [5.74, 6) is 0.812. The predicted molar refractivity (Wildman–Crippen MR) is 133 cm³/mol. The second-order valence-electron chi connectivity index (χ2n) is 9.49. The fraction of sp³-hybridized carbons (Fsp3) is 0.462. The SMILES string of the molecule is Cc1c(C(=O)N2CCC(C(=O)N3CCC(Cc4ccccc4)CC3)CC2)sc2nc[nH]c(=O)c12. The molecule has 0 unspecified atom stereocenters. The highest BCUT2D eigenvalue weighted by Gasteiger charge is 2.33. The summed E-state index contributed by atoms with van der Waals surface area (Å²) in [5.41, 5.74) is 1.85. The number of thiophene rings is 1. The number of benzene rings is 1. The summed E-state index contributed by atoms with van der Waals surface area (Å²) in [6, 6.07) is 10.6. The number of piperidine rings is 2. The maximum Gasteiger partial charge on any atom is 0.264 e. The first-order valence-electron chi connectivity index (χ1n) is 12.1. The lowest BCUT2D eigenvalue weighted by Crippen LogP contribution is -2.46. The largest absolute Gasteiger partial charge is 0.342 e. The van der Waals surface area contributed by atoms with Crippen LogP contribution in [0.5, 0.6) is 0 Å². The van der Waals surface area contributed by atoms with E-state index in [9.17, 15) is 14.4 Å². The van der Waals surface area contributed by atoms with E-state index in [1.807, 2.05) is 15.9 Å². The number of aromatic amines is 1. The molecule has 3 aromatic rings. The average molecular weight is 479 g/mol. The molecule has 178 valence electrons. The minimum Gasteiger partial charge on any atom is -0.342 e. The van der Waals surface area contributed by atoms with Gasteiger partial charge in [0.25, 0.3) is 11.5 Å². The van der Waals surface area contributed by atoms with Gasteiger partial charge in [-0.2, -0.15) is 0 Å². The van der Waals surface area contributed by atoms with Gasteiger partial charge in [0, 0.05) is 32.1 Å². The van der Waals surface area contributed by atoms with E-state index < -0.39 is 0 Å². The quantitative estimate of drug-likeness (QED) is 0.621. The van der Waals surface area contributed by atoms with Gasteiger partial charge in [-0.05, 0) is 56.1 Å². The molecule has 0 aliphatic carbocycles. The Morgan fingerprint density at radius 2 is 1.71 bits per heavy atom. The summed E-state index contributed by atoms with van der Waals surface area (Å²) < 4.78 is 0. The number of likely N-dealkylation sites (tertiary alicyclic amines) is 2. The third-order valence-corrected chi connectivity index (χ3v) is 8.54. The molecule has 2 aromatic heterocycles.